The molecule has 23 heavy (non-hydrogen) atoms. The Kier molecular flexibility index (Phi) is 6.02. The first-order valence-corrected chi connectivity index (χ1v) is 8.34. The molecule has 1 N–H and O–H groups in total. The van der Waals surface area contributed by atoms with Gasteiger partial charge in [0.25, 0.3) is 0 Å². The molecule has 0 aliphatic carbocycles. The second kappa shape index (κ2) is 7.99. The van der Waals surface area contributed by atoms with Crippen molar-refractivity contribution in [3.63, 3.8) is 0 Å². The van der Waals surface area contributed by atoms with Gasteiger partial charge in [-0.15, -0.1) is 0 Å². The minimum atomic E-state index is -0.0547. The van der Waals surface area contributed by atoms with Crippen LogP contribution in [0.2, 0.25) is 0 Å². The molecule has 1 aliphatic heterocycles. The Hall–Kier alpha value is -2.04. The average molecular weight is 318 g/mol. The molecule has 1 aliphatic rings. The number of likely N-dealkylation sites (tertiary alicyclic amines) is 1. The van der Waals surface area contributed by atoms with Gasteiger partial charge >= 0.3 is 0 Å². The predicted molar refractivity (Wildman–Crippen MR) is 90.4 cm³/mol. The van der Waals surface area contributed by atoms with Crippen molar-refractivity contribution in [1.82, 2.24) is 4.90 Å². The number of ether oxygens (including phenoxy) is 1. The molecule has 126 valence electrons. The highest BCUT2D eigenvalue weighted by molar-refractivity contribution is 5.94. The number of nitrogens with zero attached hydrogens (tertiary/aromatic N) is 1. The number of hydrogen-bond acceptors (Lipinski definition) is 3. The molecule has 2 rings (SSSR count). The normalized spacial score (nSPS) is 15.6. The molecule has 1 heterocycles. The highest BCUT2D eigenvalue weighted by Gasteiger charge is 2.28. The Morgan fingerprint density at radius 2 is 1.91 bits per heavy atom. The van der Waals surface area contributed by atoms with Gasteiger partial charge in [0, 0.05) is 24.9 Å². The summed E-state index contributed by atoms with van der Waals surface area (Å²) < 4.78 is 5.53. The van der Waals surface area contributed by atoms with Crippen LogP contribution in [0.1, 0.15) is 33.6 Å². The molecule has 0 atom stereocenters. The lowest BCUT2D eigenvalue weighted by Gasteiger charge is -2.32. The van der Waals surface area contributed by atoms with Crippen LogP contribution in [-0.2, 0) is 9.59 Å². The second-order valence-corrected chi connectivity index (χ2v) is 6.17. The maximum Gasteiger partial charge on any atom is 0.227 e. The molecule has 0 saturated carbocycles. The first-order chi connectivity index (χ1) is 11.0. The van der Waals surface area contributed by atoms with Gasteiger partial charge in [0.2, 0.25) is 11.8 Å². The van der Waals surface area contributed by atoms with Crippen LogP contribution in [0.25, 0.3) is 0 Å². The third kappa shape index (κ3) is 4.47. The van der Waals surface area contributed by atoms with E-state index in [0.717, 1.165) is 0 Å². The van der Waals surface area contributed by atoms with Crippen molar-refractivity contribution in [2.75, 3.05) is 25.0 Å². The minimum Gasteiger partial charge on any atom is -0.492 e. The maximum absolute atomic E-state index is 12.5. The lowest BCUT2D eigenvalue weighted by Crippen LogP contribution is -2.43. The Morgan fingerprint density at radius 1 is 1.26 bits per heavy atom. The molecular weight excluding hydrogens is 292 g/mol. The lowest BCUT2D eigenvalue weighted by atomic mass is 9.95. The zero-order valence-electron chi connectivity index (χ0n) is 14.2. The minimum absolute atomic E-state index is 0.00815. The molecule has 1 aromatic carbocycles. The molecule has 5 heteroatoms. The number of piperidine rings is 1. The summed E-state index contributed by atoms with van der Waals surface area (Å²) in [6, 6.07) is 7.46. The Morgan fingerprint density at radius 3 is 2.52 bits per heavy atom. The largest absolute Gasteiger partial charge is 0.492 e. The van der Waals surface area contributed by atoms with Gasteiger partial charge in [-0.05, 0) is 31.9 Å². The van der Waals surface area contributed by atoms with Crippen LogP contribution in [0.5, 0.6) is 5.75 Å². The summed E-state index contributed by atoms with van der Waals surface area (Å²) in [4.78, 5) is 26.3. The first-order valence-electron chi connectivity index (χ1n) is 8.34. The molecule has 1 saturated heterocycles. The summed E-state index contributed by atoms with van der Waals surface area (Å²) >= 11 is 0. The monoisotopic (exact) mass is 318 g/mol. The topological polar surface area (TPSA) is 58.6 Å². The third-order valence-corrected chi connectivity index (χ3v) is 4.12. The number of anilines is 1. The summed E-state index contributed by atoms with van der Waals surface area (Å²) in [5.41, 5.74) is 0.708. The molecule has 0 bridgehead atoms. The van der Waals surface area contributed by atoms with Crippen LogP contribution in [0.3, 0.4) is 0 Å². The fourth-order valence-corrected chi connectivity index (χ4v) is 2.81. The molecule has 0 unspecified atom stereocenters. The fourth-order valence-electron chi connectivity index (χ4n) is 2.81. The van der Waals surface area contributed by atoms with E-state index in [1.165, 1.54) is 0 Å². The summed E-state index contributed by atoms with van der Waals surface area (Å²) in [7, 11) is 0. The van der Waals surface area contributed by atoms with Crippen LogP contribution in [0.4, 0.5) is 5.69 Å². The van der Waals surface area contributed by atoms with Gasteiger partial charge in [-0.1, -0.05) is 26.0 Å². The van der Waals surface area contributed by atoms with Gasteiger partial charge < -0.3 is 15.0 Å². The summed E-state index contributed by atoms with van der Waals surface area (Å²) in [6.07, 6.45) is 1.42. The number of benzene rings is 1. The quantitative estimate of drug-likeness (QED) is 0.908. The number of amides is 2. The number of hydrogen-bond donors (Lipinski definition) is 1. The predicted octanol–water partition coefficient (Wildman–Crippen LogP) is 2.92. The van der Waals surface area contributed by atoms with E-state index in [2.05, 4.69) is 5.32 Å². The van der Waals surface area contributed by atoms with E-state index in [-0.39, 0.29) is 23.7 Å². The fraction of sp³-hybridized carbons (Fsp3) is 0.556. The average Bonchev–Trinajstić information content (AvgIpc) is 2.56. The van der Waals surface area contributed by atoms with E-state index < -0.39 is 0 Å². The number of carbonyl (C=O) groups excluding carboxylic acids is 2. The molecule has 0 radical (unpaired) electrons. The van der Waals surface area contributed by atoms with Crippen molar-refractivity contribution in [2.24, 2.45) is 11.8 Å². The highest BCUT2D eigenvalue weighted by atomic mass is 16.5. The molecule has 2 amide bonds. The Labute approximate surface area is 138 Å². The van der Waals surface area contributed by atoms with Crippen molar-refractivity contribution < 1.29 is 14.3 Å². The SMILES string of the molecule is CCOc1ccccc1NC(=O)C1CCN(C(=O)C(C)C)CC1. The number of carbonyl (C=O) groups is 2. The van der Waals surface area contributed by atoms with Crippen molar-refractivity contribution in [3.05, 3.63) is 24.3 Å². The van der Waals surface area contributed by atoms with E-state index in [0.29, 0.717) is 44.0 Å². The van der Waals surface area contributed by atoms with Crippen molar-refractivity contribution >= 4 is 17.5 Å². The molecule has 5 nitrogen and oxygen atoms in total. The van der Waals surface area contributed by atoms with Gasteiger partial charge in [0.15, 0.2) is 0 Å². The second-order valence-electron chi connectivity index (χ2n) is 6.17. The van der Waals surface area contributed by atoms with Gasteiger partial charge in [-0.25, -0.2) is 0 Å². The van der Waals surface area contributed by atoms with Gasteiger partial charge in [0.05, 0.1) is 12.3 Å². The first kappa shape index (κ1) is 17.3. The van der Waals surface area contributed by atoms with Crippen LogP contribution in [0, 0.1) is 11.8 Å². The summed E-state index contributed by atoms with van der Waals surface area (Å²) in [5, 5.41) is 2.96. The molecule has 0 spiro atoms. The smallest absolute Gasteiger partial charge is 0.227 e. The van der Waals surface area contributed by atoms with E-state index in [1.54, 1.807) is 0 Å². The lowest BCUT2D eigenvalue weighted by molar-refractivity contribution is -0.137. The van der Waals surface area contributed by atoms with E-state index in [1.807, 2.05) is 49.9 Å². The Bertz CT molecular complexity index is 549. The number of para-hydroxylation sites is 2. The van der Waals surface area contributed by atoms with Crippen LogP contribution < -0.4 is 10.1 Å². The van der Waals surface area contributed by atoms with Gasteiger partial charge in [-0.2, -0.15) is 0 Å². The Balaban J connectivity index is 1.92. The molecule has 0 aromatic heterocycles. The van der Waals surface area contributed by atoms with Crippen molar-refractivity contribution in [3.8, 4) is 5.75 Å². The van der Waals surface area contributed by atoms with Crippen molar-refractivity contribution in [2.45, 2.75) is 33.6 Å². The molecule has 1 fully saturated rings. The summed E-state index contributed by atoms with van der Waals surface area (Å²) in [5.74, 6) is 0.828. The van der Waals surface area contributed by atoms with Gasteiger partial charge in [-0.3, -0.25) is 9.59 Å². The molecular formula is C18H26N2O3. The van der Waals surface area contributed by atoms with Crippen molar-refractivity contribution in [1.29, 1.82) is 0 Å². The third-order valence-electron chi connectivity index (χ3n) is 4.12. The zero-order valence-corrected chi connectivity index (χ0v) is 14.2. The van der Waals surface area contributed by atoms with Crippen LogP contribution in [0.15, 0.2) is 24.3 Å². The zero-order chi connectivity index (χ0) is 16.8. The standard InChI is InChI=1S/C18H26N2O3/c1-4-23-16-8-6-5-7-15(16)19-17(21)14-9-11-20(12-10-14)18(22)13(2)3/h5-8,13-14H,4,9-12H2,1-3H3,(H,19,21). The number of nitrogens with one attached hydrogen (secondary N) is 1. The van der Waals surface area contributed by atoms with E-state index >= 15 is 0 Å². The summed E-state index contributed by atoms with van der Waals surface area (Å²) in [6.45, 7) is 7.60. The number of rotatable bonds is 5. The maximum atomic E-state index is 12.5. The van der Waals surface area contributed by atoms with Crippen LogP contribution in [-0.4, -0.2) is 36.4 Å². The highest BCUT2D eigenvalue weighted by Crippen LogP contribution is 2.26. The van der Waals surface area contributed by atoms with E-state index in [9.17, 15) is 9.59 Å². The molecule has 1 aromatic rings. The van der Waals surface area contributed by atoms with Crippen LogP contribution >= 0.6 is 0 Å². The van der Waals surface area contributed by atoms with Gasteiger partial charge in [0.1, 0.15) is 5.75 Å². The van der Waals surface area contributed by atoms with E-state index in [4.69, 9.17) is 4.74 Å².